The maximum Gasteiger partial charge on any atom is 0.0597 e. The van der Waals surface area contributed by atoms with Gasteiger partial charge in [0.2, 0.25) is 0 Å². The van der Waals surface area contributed by atoms with Gasteiger partial charge in [-0.05, 0) is 50.9 Å². The molecule has 1 fully saturated rings. The molecule has 2 rings (SSSR count). The summed E-state index contributed by atoms with van der Waals surface area (Å²) in [5.41, 5.74) is 1.21. The van der Waals surface area contributed by atoms with Crippen LogP contribution in [0.3, 0.4) is 0 Å². The predicted octanol–water partition coefficient (Wildman–Crippen LogP) is 4.18. The van der Waals surface area contributed by atoms with Gasteiger partial charge in [0.1, 0.15) is 0 Å². The minimum Gasteiger partial charge on any atom is -0.375 e. The Labute approximate surface area is 131 Å². The highest BCUT2D eigenvalue weighted by Crippen LogP contribution is 2.35. The quantitative estimate of drug-likeness (QED) is 0.899. The molecule has 1 aromatic rings. The lowest BCUT2D eigenvalue weighted by atomic mass is 9.81. The number of benzene rings is 1. The molecule has 0 bridgehead atoms. The molecule has 112 valence electrons. The fourth-order valence-electron chi connectivity index (χ4n) is 3.34. The van der Waals surface area contributed by atoms with E-state index >= 15 is 0 Å². The smallest absolute Gasteiger partial charge is 0.0597 e. The van der Waals surface area contributed by atoms with Crippen molar-refractivity contribution in [3.63, 3.8) is 0 Å². The van der Waals surface area contributed by atoms with Crippen LogP contribution in [-0.4, -0.2) is 25.3 Å². The average Bonchev–Trinajstić information content (AvgIpc) is 2.65. The molecule has 5 unspecified atom stereocenters. The first kappa shape index (κ1) is 16.1. The van der Waals surface area contributed by atoms with Gasteiger partial charge in [-0.15, -0.1) is 0 Å². The summed E-state index contributed by atoms with van der Waals surface area (Å²) in [5, 5.41) is 4.68. The van der Waals surface area contributed by atoms with Crippen LogP contribution in [-0.2, 0) is 11.2 Å². The Bertz CT molecular complexity index is 466. The maximum absolute atomic E-state index is 6.10. The zero-order valence-electron chi connectivity index (χ0n) is 12.5. The van der Waals surface area contributed by atoms with E-state index in [1.165, 1.54) is 5.56 Å². The largest absolute Gasteiger partial charge is 0.375 e. The molecule has 0 spiro atoms. The summed E-state index contributed by atoms with van der Waals surface area (Å²) in [5.74, 6) is 1.05. The van der Waals surface area contributed by atoms with E-state index in [1.807, 2.05) is 25.2 Å². The van der Waals surface area contributed by atoms with Crippen LogP contribution in [0.4, 0.5) is 0 Å². The Morgan fingerprint density at radius 1 is 1.15 bits per heavy atom. The van der Waals surface area contributed by atoms with Crippen LogP contribution >= 0.6 is 23.2 Å². The third-order valence-corrected chi connectivity index (χ3v) is 5.33. The normalized spacial score (nSPS) is 31.5. The van der Waals surface area contributed by atoms with Gasteiger partial charge < -0.3 is 10.1 Å². The highest BCUT2D eigenvalue weighted by atomic mass is 35.5. The van der Waals surface area contributed by atoms with E-state index < -0.39 is 0 Å². The molecular formula is C16H23Cl2NO. The molecule has 0 saturated carbocycles. The minimum atomic E-state index is 0.278. The van der Waals surface area contributed by atoms with Gasteiger partial charge in [0, 0.05) is 12.0 Å². The second-order valence-corrected chi connectivity index (χ2v) is 6.64. The van der Waals surface area contributed by atoms with E-state index in [0.717, 1.165) is 6.42 Å². The van der Waals surface area contributed by atoms with Crippen molar-refractivity contribution in [2.75, 3.05) is 7.05 Å². The molecule has 1 N–H and O–H groups in total. The van der Waals surface area contributed by atoms with Crippen molar-refractivity contribution in [3.8, 4) is 0 Å². The third-order valence-electron chi connectivity index (χ3n) is 4.59. The molecule has 0 radical (unpaired) electrons. The van der Waals surface area contributed by atoms with Crippen molar-refractivity contribution in [1.29, 1.82) is 0 Å². The second kappa shape index (κ2) is 6.65. The Hall–Kier alpha value is -0.280. The van der Waals surface area contributed by atoms with Crippen LogP contribution in [0.15, 0.2) is 18.2 Å². The van der Waals surface area contributed by atoms with Crippen LogP contribution in [0.1, 0.15) is 26.3 Å². The molecule has 0 aliphatic carbocycles. The summed E-state index contributed by atoms with van der Waals surface area (Å²) < 4.78 is 5.96. The fraction of sp³-hybridized carbons (Fsp3) is 0.625. The topological polar surface area (TPSA) is 21.3 Å². The van der Waals surface area contributed by atoms with Gasteiger partial charge in [-0.3, -0.25) is 0 Å². The molecule has 1 saturated heterocycles. The molecule has 4 heteroatoms. The number of nitrogens with one attached hydrogen (secondary N) is 1. The summed E-state index contributed by atoms with van der Waals surface area (Å²) in [6.45, 7) is 6.61. The van der Waals surface area contributed by atoms with Gasteiger partial charge >= 0.3 is 0 Å². The summed E-state index contributed by atoms with van der Waals surface area (Å²) in [7, 11) is 2.02. The van der Waals surface area contributed by atoms with Crippen LogP contribution < -0.4 is 5.32 Å². The second-order valence-electron chi connectivity index (χ2n) is 5.83. The Kier molecular flexibility index (Phi) is 5.36. The number of likely N-dealkylation sites (N-methyl/N-ethyl adjacent to an activating group) is 1. The fourth-order valence-corrected chi connectivity index (χ4v) is 3.66. The molecule has 2 nitrogen and oxygen atoms in total. The van der Waals surface area contributed by atoms with Gasteiger partial charge in [0.05, 0.1) is 22.3 Å². The monoisotopic (exact) mass is 315 g/mol. The highest BCUT2D eigenvalue weighted by Gasteiger charge is 2.41. The zero-order chi connectivity index (χ0) is 14.9. The molecular weight excluding hydrogens is 293 g/mol. The van der Waals surface area contributed by atoms with Crippen LogP contribution in [0.2, 0.25) is 10.0 Å². The van der Waals surface area contributed by atoms with Crippen LogP contribution in [0.25, 0.3) is 0 Å². The number of ether oxygens (including phenoxy) is 1. The number of rotatable bonds is 4. The Balaban J connectivity index is 2.14. The van der Waals surface area contributed by atoms with Crippen LogP contribution in [0.5, 0.6) is 0 Å². The van der Waals surface area contributed by atoms with Crippen molar-refractivity contribution in [1.82, 2.24) is 5.32 Å². The molecule has 0 aromatic heterocycles. The summed E-state index contributed by atoms with van der Waals surface area (Å²) >= 11 is 12.1. The summed E-state index contributed by atoms with van der Waals surface area (Å²) in [4.78, 5) is 0. The van der Waals surface area contributed by atoms with Gasteiger partial charge in [0.15, 0.2) is 0 Å². The molecule has 1 aliphatic heterocycles. The first-order chi connectivity index (χ1) is 9.43. The third kappa shape index (κ3) is 3.30. The van der Waals surface area contributed by atoms with E-state index in [4.69, 9.17) is 27.9 Å². The standard InChI is InChI=1S/C16H23Cl2NO/c1-9-10(2)20-11(3)16(9)15(19-4)8-12-5-6-13(17)14(18)7-12/h5-7,9-11,15-16,19H,8H2,1-4H3. The van der Waals surface area contributed by atoms with Gasteiger partial charge in [-0.1, -0.05) is 36.2 Å². The van der Waals surface area contributed by atoms with E-state index in [-0.39, 0.29) is 6.10 Å². The van der Waals surface area contributed by atoms with E-state index in [9.17, 15) is 0 Å². The lowest BCUT2D eigenvalue weighted by molar-refractivity contribution is 0.0479. The van der Waals surface area contributed by atoms with Crippen molar-refractivity contribution in [2.24, 2.45) is 11.8 Å². The van der Waals surface area contributed by atoms with Gasteiger partial charge in [0.25, 0.3) is 0 Å². The van der Waals surface area contributed by atoms with Gasteiger partial charge in [-0.25, -0.2) is 0 Å². The summed E-state index contributed by atoms with van der Waals surface area (Å²) in [6.07, 6.45) is 1.53. The molecule has 1 heterocycles. The van der Waals surface area contributed by atoms with E-state index in [1.54, 1.807) is 0 Å². The molecule has 1 aliphatic rings. The average molecular weight is 316 g/mol. The number of hydrogen-bond acceptors (Lipinski definition) is 2. The number of halogens is 2. The van der Waals surface area contributed by atoms with Gasteiger partial charge in [-0.2, -0.15) is 0 Å². The summed E-state index contributed by atoms with van der Waals surface area (Å²) in [6, 6.07) is 6.25. The Morgan fingerprint density at radius 2 is 1.85 bits per heavy atom. The zero-order valence-corrected chi connectivity index (χ0v) is 14.0. The highest BCUT2D eigenvalue weighted by molar-refractivity contribution is 6.42. The molecule has 20 heavy (non-hydrogen) atoms. The molecule has 5 atom stereocenters. The SMILES string of the molecule is CNC(Cc1ccc(Cl)c(Cl)c1)C1C(C)OC(C)C1C. The van der Waals surface area contributed by atoms with Crippen LogP contribution in [0, 0.1) is 11.8 Å². The van der Waals surface area contributed by atoms with Crippen molar-refractivity contribution in [2.45, 2.75) is 45.4 Å². The van der Waals surface area contributed by atoms with Crippen molar-refractivity contribution < 1.29 is 4.74 Å². The Morgan fingerprint density at radius 3 is 2.35 bits per heavy atom. The molecule has 0 amide bonds. The predicted molar refractivity (Wildman–Crippen MR) is 85.7 cm³/mol. The van der Waals surface area contributed by atoms with E-state index in [2.05, 4.69) is 26.1 Å². The van der Waals surface area contributed by atoms with Crippen molar-refractivity contribution in [3.05, 3.63) is 33.8 Å². The first-order valence-corrected chi connectivity index (χ1v) is 7.96. The number of hydrogen-bond donors (Lipinski definition) is 1. The van der Waals surface area contributed by atoms with E-state index in [0.29, 0.717) is 34.0 Å². The first-order valence-electron chi connectivity index (χ1n) is 7.20. The lowest BCUT2D eigenvalue weighted by Gasteiger charge is -2.29. The van der Waals surface area contributed by atoms with Crippen molar-refractivity contribution >= 4 is 23.2 Å². The minimum absolute atomic E-state index is 0.278. The molecule has 1 aromatic carbocycles. The maximum atomic E-state index is 6.10. The lowest BCUT2D eigenvalue weighted by Crippen LogP contribution is -2.41.